The maximum absolute atomic E-state index is 12.6. The van der Waals surface area contributed by atoms with Crippen LogP contribution in [0.5, 0.6) is 0 Å². The van der Waals surface area contributed by atoms with Gasteiger partial charge in [-0.2, -0.15) is 5.10 Å². The number of nitrogens with zero attached hydrogens (tertiary/aromatic N) is 4. The van der Waals surface area contributed by atoms with Crippen molar-refractivity contribution in [3.05, 3.63) is 40.8 Å². The van der Waals surface area contributed by atoms with E-state index in [1.807, 2.05) is 28.9 Å². The van der Waals surface area contributed by atoms with E-state index in [9.17, 15) is 4.79 Å². The zero-order valence-corrected chi connectivity index (χ0v) is 13.3. The predicted molar refractivity (Wildman–Crippen MR) is 85.3 cm³/mol. The molecule has 1 unspecified atom stereocenters. The second-order valence-corrected chi connectivity index (χ2v) is 5.89. The average Bonchev–Trinajstić information content (AvgIpc) is 3.14. The fraction of sp³-hybridized carbons (Fsp3) is 0.400. The molecule has 1 amide bonds. The Morgan fingerprint density at radius 3 is 2.95 bits per heavy atom. The van der Waals surface area contributed by atoms with Gasteiger partial charge in [-0.1, -0.05) is 11.6 Å². The molecular weight excluding hydrogens is 302 g/mol. The molecule has 1 N–H and O–H groups in total. The van der Waals surface area contributed by atoms with Gasteiger partial charge in [0.2, 0.25) is 0 Å². The van der Waals surface area contributed by atoms with Gasteiger partial charge in [0.05, 0.1) is 12.2 Å². The van der Waals surface area contributed by atoms with Crippen molar-refractivity contribution in [3.63, 3.8) is 0 Å². The second-order valence-electron chi connectivity index (χ2n) is 5.51. The number of aromatic nitrogens is 3. The van der Waals surface area contributed by atoms with Crippen LogP contribution >= 0.6 is 11.6 Å². The topological polar surface area (TPSA) is 63.1 Å². The molecule has 1 atom stereocenters. The van der Waals surface area contributed by atoms with Crippen LogP contribution in [0.15, 0.2) is 24.5 Å². The van der Waals surface area contributed by atoms with Crippen LogP contribution < -0.4 is 5.32 Å². The lowest BCUT2D eigenvalue weighted by Crippen LogP contribution is -2.29. The number of anilines is 1. The van der Waals surface area contributed by atoms with Gasteiger partial charge in [-0.3, -0.25) is 9.48 Å². The lowest BCUT2D eigenvalue weighted by atomic mass is 10.2. The quantitative estimate of drug-likeness (QED) is 0.882. The highest BCUT2D eigenvalue weighted by molar-refractivity contribution is 6.29. The van der Waals surface area contributed by atoms with Gasteiger partial charge in [-0.05, 0) is 31.0 Å². The van der Waals surface area contributed by atoms with Crippen LogP contribution in [0.2, 0.25) is 5.15 Å². The third-order valence-electron chi connectivity index (χ3n) is 3.85. The molecule has 22 heavy (non-hydrogen) atoms. The fourth-order valence-corrected chi connectivity index (χ4v) is 2.91. The SMILES string of the molecule is CNc1cc(C(=O)N2CCC(n3cc(C)cn3)C2)cc(Cl)n1. The maximum Gasteiger partial charge on any atom is 0.254 e. The number of pyridine rings is 1. The second kappa shape index (κ2) is 5.96. The van der Waals surface area contributed by atoms with E-state index in [2.05, 4.69) is 15.4 Å². The largest absolute Gasteiger partial charge is 0.373 e. The minimum atomic E-state index is -0.0211. The van der Waals surface area contributed by atoms with Gasteiger partial charge < -0.3 is 10.2 Å². The first-order valence-corrected chi connectivity index (χ1v) is 7.60. The molecule has 1 fully saturated rings. The number of halogens is 1. The van der Waals surface area contributed by atoms with E-state index in [-0.39, 0.29) is 11.9 Å². The molecule has 6 nitrogen and oxygen atoms in total. The van der Waals surface area contributed by atoms with E-state index < -0.39 is 0 Å². The summed E-state index contributed by atoms with van der Waals surface area (Å²) in [6.45, 7) is 3.39. The zero-order valence-electron chi connectivity index (χ0n) is 12.6. The van der Waals surface area contributed by atoms with E-state index in [4.69, 9.17) is 11.6 Å². The Kier molecular flexibility index (Phi) is 4.02. The molecule has 0 aromatic carbocycles. The first-order valence-electron chi connectivity index (χ1n) is 7.22. The summed E-state index contributed by atoms with van der Waals surface area (Å²) in [6.07, 6.45) is 4.76. The molecule has 2 aromatic heterocycles. The standard InChI is InChI=1S/C15H18ClN5O/c1-10-7-18-21(8-10)12-3-4-20(9-12)15(22)11-5-13(16)19-14(6-11)17-2/h5-8,12H,3-4,9H2,1-2H3,(H,17,19). The molecular formula is C15H18ClN5O. The zero-order chi connectivity index (χ0) is 15.7. The van der Waals surface area contributed by atoms with Crippen molar-refractivity contribution in [2.24, 2.45) is 0 Å². The lowest BCUT2D eigenvalue weighted by Gasteiger charge is -2.17. The summed E-state index contributed by atoms with van der Waals surface area (Å²) in [5.41, 5.74) is 1.69. The van der Waals surface area contributed by atoms with Gasteiger partial charge in [-0.25, -0.2) is 4.98 Å². The number of likely N-dealkylation sites (tertiary alicyclic amines) is 1. The van der Waals surface area contributed by atoms with Gasteiger partial charge in [-0.15, -0.1) is 0 Å². The number of hydrogen-bond donors (Lipinski definition) is 1. The van der Waals surface area contributed by atoms with Gasteiger partial charge >= 0.3 is 0 Å². The van der Waals surface area contributed by atoms with Crippen LogP contribution in [0.3, 0.4) is 0 Å². The van der Waals surface area contributed by atoms with E-state index in [1.165, 1.54) is 0 Å². The Morgan fingerprint density at radius 1 is 1.45 bits per heavy atom. The molecule has 3 heterocycles. The van der Waals surface area contributed by atoms with Gasteiger partial charge in [0.15, 0.2) is 0 Å². The molecule has 0 saturated carbocycles. The summed E-state index contributed by atoms with van der Waals surface area (Å²) in [5, 5.41) is 7.57. The van der Waals surface area contributed by atoms with E-state index in [0.29, 0.717) is 23.1 Å². The molecule has 3 rings (SSSR count). The summed E-state index contributed by atoms with van der Waals surface area (Å²) in [5.74, 6) is 0.571. The van der Waals surface area contributed by atoms with Crippen molar-refractivity contribution >= 4 is 23.3 Å². The number of carbonyl (C=O) groups is 1. The highest BCUT2D eigenvalue weighted by Gasteiger charge is 2.28. The molecule has 0 bridgehead atoms. The van der Waals surface area contributed by atoms with Crippen LogP contribution in [-0.4, -0.2) is 45.7 Å². The Morgan fingerprint density at radius 2 is 2.27 bits per heavy atom. The number of amides is 1. The minimum Gasteiger partial charge on any atom is -0.373 e. The minimum absolute atomic E-state index is 0.0211. The normalized spacial score (nSPS) is 17.8. The molecule has 1 aliphatic rings. The van der Waals surface area contributed by atoms with Crippen LogP contribution in [0.25, 0.3) is 0 Å². The molecule has 116 valence electrons. The van der Waals surface area contributed by atoms with Crippen LogP contribution in [-0.2, 0) is 0 Å². The Balaban J connectivity index is 1.75. The first kappa shape index (κ1) is 14.8. The Labute approximate surface area is 134 Å². The summed E-state index contributed by atoms with van der Waals surface area (Å²) in [7, 11) is 1.75. The Bertz CT molecular complexity index is 699. The average molecular weight is 320 g/mol. The molecule has 2 aromatic rings. The third kappa shape index (κ3) is 2.92. The van der Waals surface area contributed by atoms with Crippen molar-refractivity contribution in [2.75, 3.05) is 25.5 Å². The Hall–Kier alpha value is -2.08. The number of hydrogen-bond acceptors (Lipinski definition) is 4. The van der Waals surface area contributed by atoms with Crippen molar-refractivity contribution in [3.8, 4) is 0 Å². The smallest absolute Gasteiger partial charge is 0.254 e. The number of rotatable bonds is 3. The fourth-order valence-electron chi connectivity index (χ4n) is 2.71. The third-order valence-corrected chi connectivity index (χ3v) is 4.05. The molecule has 0 radical (unpaired) electrons. The van der Waals surface area contributed by atoms with Crippen LogP contribution in [0, 0.1) is 6.92 Å². The summed E-state index contributed by atoms with van der Waals surface area (Å²) < 4.78 is 1.95. The van der Waals surface area contributed by atoms with Gasteiger partial charge in [0.25, 0.3) is 5.91 Å². The predicted octanol–water partition coefficient (Wildman–Crippen LogP) is 2.37. The van der Waals surface area contributed by atoms with Crippen LogP contribution in [0.1, 0.15) is 28.4 Å². The van der Waals surface area contributed by atoms with Crippen molar-refractivity contribution in [1.29, 1.82) is 0 Å². The van der Waals surface area contributed by atoms with E-state index >= 15 is 0 Å². The first-order chi connectivity index (χ1) is 10.6. The van der Waals surface area contributed by atoms with Crippen molar-refractivity contribution in [2.45, 2.75) is 19.4 Å². The lowest BCUT2D eigenvalue weighted by molar-refractivity contribution is 0.0787. The molecule has 7 heteroatoms. The highest BCUT2D eigenvalue weighted by atomic mass is 35.5. The maximum atomic E-state index is 12.6. The van der Waals surface area contributed by atoms with Gasteiger partial charge in [0, 0.05) is 31.9 Å². The monoisotopic (exact) mass is 319 g/mol. The van der Waals surface area contributed by atoms with Crippen LogP contribution in [0.4, 0.5) is 5.82 Å². The highest BCUT2D eigenvalue weighted by Crippen LogP contribution is 2.24. The van der Waals surface area contributed by atoms with E-state index in [0.717, 1.165) is 18.5 Å². The van der Waals surface area contributed by atoms with Crippen molar-refractivity contribution in [1.82, 2.24) is 19.7 Å². The number of aryl methyl sites for hydroxylation is 1. The molecule has 1 aliphatic heterocycles. The van der Waals surface area contributed by atoms with E-state index in [1.54, 1.807) is 19.2 Å². The molecule has 0 aliphatic carbocycles. The van der Waals surface area contributed by atoms with Gasteiger partial charge in [0.1, 0.15) is 11.0 Å². The van der Waals surface area contributed by atoms with Crippen molar-refractivity contribution < 1.29 is 4.79 Å². The summed E-state index contributed by atoms with van der Waals surface area (Å²) in [6, 6.07) is 3.56. The number of carbonyl (C=O) groups excluding carboxylic acids is 1. The summed E-state index contributed by atoms with van der Waals surface area (Å²) >= 11 is 5.97. The molecule has 0 spiro atoms. The summed E-state index contributed by atoms with van der Waals surface area (Å²) in [4.78, 5) is 18.6. The molecule has 1 saturated heterocycles. The number of nitrogens with one attached hydrogen (secondary N) is 1.